The summed E-state index contributed by atoms with van der Waals surface area (Å²) in [7, 11) is 0. The first kappa shape index (κ1) is 18.5. The van der Waals surface area contributed by atoms with Gasteiger partial charge in [0.25, 0.3) is 0 Å². The third-order valence-corrected chi connectivity index (χ3v) is 4.60. The Morgan fingerprint density at radius 1 is 1.29 bits per heavy atom. The molecule has 2 rings (SSSR count). The highest BCUT2D eigenvalue weighted by atomic mass is 16.6. The van der Waals surface area contributed by atoms with Gasteiger partial charge < -0.3 is 9.84 Å². The van der Waals surface area contributed by atoms with Crippen LogP contribution in [0.25, 0.3) is 5.57 Å². The Bertz CT molecular complexity index is 664. The van der Waals surface area contributed by atoms with Gasteiger partial charge >= 0.3 is 5.97 Å². The fourth-order valence-electron chi connectivity index (χ4n) is 3.33. The van der Waals surface area contributed by atoms with E-state index in [-0.39, 0.29) is 24.9 Å². The van der Waals surface area contributed by atoms with Crippen molar-refractivity contribution in [3.05, 3.63) is 53.6 Å². The lowest BCUT2D eigenvalue weighted by Gasteiger charge is -2.40. The summed E-state index contributed by atoms with van der Waals surface area (Å²) >= 11 is 0. The normalized spacial score (nSPS) is 23.8. The van der Waals surface area contributed by atoms with Gasteiger partial charge in [-0.25, -0.2) is 0 Å². The zero-order valence-corrected chi connectivity index (χ0v) is 15.3. The van der Waals surface area contributed by atoms with Gasteiger partial charge in [-0.2, -0.15) is 0 Å². The highest BCUT2D eigenvalue weighted by molar-refractivity contribution is 5.81. The molecule has 0 spiro atoms. The Morgan fingerprint density at radius 3 is 2.54 bits per heavy atom. The number of aliphatic hydroxyl groups is 1. The number of allylic oxidation sites excluding steroid dienone is 3. The maximum absolute atomic E-state index is 12.5. The zero-order valence-electron chi connectivity index (χ0n) is 15.3. The minimum absolute atomic E-state index is 0.000973. The second-order valence-electron chi connectivity index (χ2n) is 7.75. The number of hydrogen-bond donors (Lipinski definition) is 1. The van der Waals surface area contributed by atoms with Crippen LogP contribution in [-0.4, -0.2) is 23.3 Å². The number of benzene rings is 1. The smallest absolute Gasteiger partial charge is 0.307 e. The molecule has 1 aliphatic rings. The van der Waals surface area contributed by atoms with Crippen molar-refractivity contribution in [2.45, 2.75) is 46.6 Å². The van der Waals surface area contributed by atoms with Crippen LogP contribution >= 0.6 is 0 Å². The monoisotopic (exact) mass is 328 g/mol. The minimum Gasteiger partial charge on any atom is -0.460 e. The molecule has 0 saturated heterocycles. The van der Waals surface area contributed by atoms with E-state index in [4.69, 9.17) is 4.74 Å². The van der Waals surface area contributed by atoms with Gasteiger partial charge in [-0.15, -0.1) is 0 Å². The molecule has 1 aliphatic carbocycles. The number of ether oxygens (including phenoxy) is 1. The summed E-state index contributed by atoms with van der Waals surface area (Å²) < 4.78 is 5.54. The Kier molecular flexibility index (Phi) is 5.34. The van der Waals surface area contributed by atoms with Gasteiger partial charge in [-0.3, -0.25) is 4.79 Å². The predicted molar refractivity (Wildman–Crippen MR) is 97.4 cm³/mol. The maximum atomic E-state index is 12.5. The van der Waals surface area contributed by atoms with Crippen LogP contribution < -0.4 is 0 Å². The van der Waals surface area contributed by atoms with Crippen LogP contribution in [-0.2, 0) is 9.53 Å². The molecule has 0 bridgehead atoms. The van der Waals surface area contributed by atoms with Crippen LogP contribution in [0.2, 0.25) is 0 Å². The van der Waals surface area contributed by atoms with Crippen LogP contribution in [0.3, 0.4) is 0 Å². The second-order valence-corrected chi connectivity index (χ2v) is 7.75. The molecule has 3 heteroatoms. The average molecular weight is 328 g/mol. The van der Waals surface area contributed by atoms with Crippen molar-refractivity contribution in [3.63, 3.8) is 0 Å². The molecule has 0 amide bonds. The predicted octanol–water partition coefficient (Wildman–Crippen LogP) is 4.29. The van der Waals surface area contributed by atoms with Gasteiger partial charge in [0.15, 0.2) is 0 Å². The van der Waals surface area contributed by atoms with E-state index in [1.54, 1.807) is 0 Å². The van der Waals surface area contributed by atoms with Gasteiger partial charge in [0, 0.05) is 11.3 Å². The van der Waals surface area contributed by atoms with E-state index in [1.165, 1.54) is 0 Å². The van der Waals surface area contributed by atoms with Crippen molar-refractivity contribution in [1.82, 2.24) is 0 Å². The van der Waals surface area contributed by atoms with E-state index in [2.05, 4.69) is 25.1 Å². The summed E-state index contributed by atoms with van der Waals surface area (Å²) in [5, 5.41) is 9.88. The van der Waals surface area contributed by atoms with E-state index in [0.717, 1.165) is 16.7 Å². The quantitative estimate of drug-likeness (QED) is 0.839. The van der Waals surface area contributed by atoms with E-state index in [9.17, 15) is 9.90 Å². The summed E-state index contributed by atoms with van der Waals surface area (Å²) in [5.41, 5.74) is 2.34. The molecule has 1 aromatic carbocycles. The van der Waals surface area contributed by atoms with E-state index in [1.807, 2.05) is 52.0 Å². The first-order chi connectivity index (χ1) is 11.2. The Balaban J connectivity index is 2.41. The van der Waals surface area contributed by atoms with Gasteiger partial charge in [-0.1, -0.05) is 49.4 Å². The molecule has 2 atom stereocenters. The third kappa shape index (κ3) is 3.96. The lowest BCUT2D eigenvalue weighted by Crippen LogP contribution is -2.36. The number of aryl methyl sites for hydroxylation is 1. The lowest BCUT2D eigenvalue weighted by molar-refractivity contribution is -0.157. The lowest BCUT2D eigenvalue weighted by atomic mass is 9.64. The van der Waals surface area contributed by atoms with Gasteiger partial charge in [0.2, 0.25) is 0 Å². The van der Waals surface area contributed by atoms with Crippen molar-refractivity contribution >= 4 is 11.5 Å². The number of aliphatic hydroxyl groups excluding tert-OH is 1. The van der Waals surface area contributed by atoms with Crippen molar-refractivity contribution in [3.8, 4) is 0 Å². The average Bonchev–Trinajstić information content (AvgIpc) is 2.46. The molecule has 2 unspecified atom stereocenters. The molecule has 24 heavy (non-hydrogen) atoms. The highest BCUT2D eigenvalue weighted by Crippen LogP contribution is 2.48. The molecule has 1 N–H and O–H groups in total. The minimum atomic E-state index is -0.515. The molecule has 3 nitrogen and oxygen atoms in total. The second kappa shape index (κ2) is 6.94. The fourth-order valence-corrected chi connectivity index (χ4v) is 3.33. The van der Waals surface area contributed by atoms with E-state index < -0.39 is 11.0 Å². The molecular formula is C21H28O3. The number of rotatable bonds is 4. The number of hydrogen-bond acceptors (Lipinski definition) is 3. The van der Waals surface area contributed by atoms with Crippen LogP contribution in [0.1, 0.15) is 45.2 Å². The van der Waals surface area contributed by atoms with Crippen LogP contribution in [0.5, 0.6) is 0 Å². The van der Waals surface area contributed by atoms with E-state index in [0.29, 0.717) is 0 Å². The van der Waals surface area contributed by atoms with Crippen LogP contribution in [0.15, 0.2) is 42.5 Å². The molecule has 0 radical (unpaired) electrons. The van der Waals surface area contributed by atoms with Gasteiger partial charge in [0.1, 0.15) is 5.60 Å². The van der Waals surface area contributed by atoms with Crippen molar-refractivity contribution in [2.24, 2.45) is 11.3 Å². The molecular weight excluding hydrogens is 300 g/mol. The first-order valence-electron chi connectivity index (χ1n) is 8.45. The topological polar surface area (TPSA) is 46.5 Å². The molecule has 0 saturated carbocycles. The summed E-state index contributed by atoms with van der Waals surface area (Å²) in [5.74, 6) is -0.358. The molecule has 1 aromatic rings. The molecule has 0 aromatic heterocycles. The van der Waals surface area contributed by atoms with Gasteiger partial charge in [-0.05, 0) is 44.4 Å². The Morgan fingerprint density at radius 2 is 1.96 bits per heavy atom. The summed E-state index contributed by atoms with van der Waals surface area (Å²) in [6.07, 6.45) is 6.24. The number of carbonyl (C=O) groups is 1. The Hall–Kier alpha value is -1.87. The largest absolute Gasteiger partial charge is 0.460 e. The molecule has 0 aliphatic heterocycles. The third-order valence-electron chi connectivity index (χ3n) is 4.60. The van der Waals surface area contributed by atoms with Crippen LogP contribution in [0, 0.1) is 18.3 Å². The highest BCUT2D eigenvalue weighted by Gasteiger charge is 2.41. The Labute approximate surface area is 145 Å². The molecule has 0 heterocycles. The summed E-state index contributed by atoms with van der Waals surface area (Å²) in [6, 6.07) is 8.15. The molecule has 0 fully saturated rings. The SMILES string of the molecule is Cc1ccccc1C1=CC=CC(CO)C1(C)CC(=O)OC(C)(C)C. The van der Waals surface area contributed by atoms with Crippen LogP contribution in [0.4, 0.5) is 0 Å². The zero-order chi connectivity index (χ0) is 18.0. The standard InChI is InChI=1S/C21H28O3/c1-15-9-6-7-11-17(15)18-12-8-10-16(14-22)21(18,5)13-19(23)24-20(2,3)4/h6-12,16,22H,13-14H2,1-5H3. The van der Waals surface area contributed by atoms with Crippen molar-refractivity contribution in [1.29, 1.82) is 0 Å². The van der Waals surface area contributed by atoms with Crippen molar-refractivity contribution < 1.29 is 14.6 Å². The van der Waals surface area contributed by atoms with Crippen molar-refractivity contribution in [2.75, 3.05) is 6.61 Å². The van der Waals surface area contributed by atoms with Gasteiger partial charge in [0.05, 0.1) is 13.0 Å². The summed E-state index contributed by atoms with van der Waals surface area (Å²) in [4.78, 5) is 12.5. The fraction of sp³-hybridized carbons (Fsp3) is 0.476. The maximum Gasteiger partial charge on any atom is 0.307 e. The number of carbonyl (C=O) groups excluding carboxylic acids is 1. The number of esters is 1. The van der Waals surface area contributed by atoms with E-state index >= 15 is 0 Å². The first-order valence-corrected chi connectivity index (χ1v) is 8.45. The molecule has 130 valence electrons. The summed E-state index contributed by atoms with van der Waals surface area (Å²) in [6.45, 7) is 9.72.